The van der Waals surface area contributed by atoms with E-state index in [4.69, 9.17) is 0 Å². The van der Waals surface area contributed by atoms with Gasteiger partial charge >= 0.3 is 0 Å². The molecule has 106 valence electrons. The molecule has 1 heterocycles. The van der Waals surface area contributed by atoms with Crippen molar-refractivity contribution in [2.24, 2.45) is 0 Å². The molecule has 0 aliphatic heterocycles. The predicted octanol–water partition coefficient (Wildman–Crippen LogP) is 2.34. The van der Waals surface area contributed by atoms with Gasteiger partial charge in [-0.25, -0.2) is 4.39 Å². The Hall–Kier alpha value is -1.88. The third-order valence-corrected chi connectivity index (χ3v) is 3.90. The minimum absolute atomic E-state index is 0.215. The summed E-state index contributed by atoms with van der Waals surface area (Å²) in [6.07, 6.45) is 3.00. The summed E-state index contributed by atoms with van der Waals surface area (Å²) < 4.78 is 13.6. The number of aromatic nitrogens is 1. The number of benzene rings is 1. The maximum Gasteiger partial charge on any atom is 0.268 e. The standard InChI is InChI=1S/C15H17FN2O2/c16-10-4-3-6-11-9(10)8-13(17-11)15(20)18-12-5-1-2-7-14(12)19/h3-4,6,8,12,14,17,19H,1-2,5,7H2,(H,18,20). The molecule has 1 aromatic heterocycles. The fraction of sp³-hybridized carbons (Fsp3) is 0.400. The van der Waals surface area contributed by atoms with Crippen LogP contribution in [0.25, 0.3) is 10.9 Å². The average Bonchev–Trinajstić information content (AvgIpc) is 2.87. The normalized spacial score (nSPS) is 22.9. The molecule has 20 heavy (non-hydrogen) atoms. The van der Waals surface area contributed by atoms with E-state index >= 15 is 0 Å². The number of amides is 1. The van der Waals surface area contributed by atoms with E-state index in [-0.39, 0.29) is 17.8 Å². The Kier molecular flexibility index (Phi) is 3.44. The summed E-state index contributed by atoms with van der Waals surface area (Å²) in [5, 5.41) is 13.1. The molecule has 1 fully saturated rings. The second-order valence-corrected chi connectivity index (χ2v) is 5.32. The van der Waals surface area contributed by atoms with Crippen LogP contribution in [-0.2, 0) is 0 Å². The summed E-state index contributed by atoms with van der Waals surface area (Å²) >= 11 is 0. The average molecular weight is 276 g/mol. The van der Waals surface area contributed by atoms with Crippen LogP contribution in [0.2, 0.25) is 0 Å². The highest BCUT2D eigenvalue weighted by atomic mass is 19.1. The van der Waals surface area contributed by atoms with E-state index in [9.17, 15) is 14.3 Å². The maximum absolute atomic E-state index is 13.6. The van der Waals surface area contributed by atoms with Gasteiger partial charge in [-0.1, -0.05) is 18.9 Å². The second-order valence-electron chi connectivity index (χ2n) is 5.32. The topological polar surface area (TPSA) is 65.1 Å². The van der Waals surface area contributed by atoms with Crippen LogP contribution in [-0.4, -0.2) is 28.1 Å². The first-order valence-corrected chi connectivity index (χ1v) is 6.91. The highest BCUT2D eigenvalue weighted by molar-refractivity contribution is 5.98. The van der Waals surface area contributed by atoms with Crippen LogP contribution in [0.15, 0.2) is 24.3 Å². The molecule has 2 aromatic rings. The lowest BCUT2D eigenvalue weighted by molar-refractivity contribution is 0.0714. The lowest BCUT2D eigenvalue weighted by atomic mass is 9.92. The van der Waals surface area contributed by atoms with Gasteiger partial charge in [-0.2, -0.15) is 0 Å². The minimum atomic E-state index is -0.492. The first-order chi connectivity index (χ1) is 9.65. The zero-order valence-electron chi connectivity index (χ0n) is 11.0. The molecule has 0 spiro atoms. The summed E-state index contributed by atoms with van der Waals surface area (Å²) in [4.78, 5) is 15.1. The Morgan fingerprint density at radius 2 is 2.15 bits per heavy atom. The summed E-state index contributed by atoms with van der Waals surface area (Å²) in [6.45, 7) is 0. The number of fused-ring (bicyclic) bond motifs is 1. The van der Waals surface area contributed by atoms with E-state index in [1.54, 1.807) is 12.1 Å². The van der Waals surface area contributed by atoms with Crippen molar-refractivity contribution in [2.75, 3.05) is 0 Å². The van der Waals surface area contributed by atoms with Crippen LogP contribution in [0, 0.1) is 5.82 Å². The number of H-pyrrole nitrogens is 1. The molecule has 2 unspecified atom stereocenters. The molecule has 1 aliphatic carbocycles. The van der Waals surface area contributed by atoms with Gasteiger partial charge in [0.05, 0.1) is 12.1 Å². The quantitative estimate of drug-likeness (QED) is 0.788. The Balaban J connectivity index is 1.80. The van der Waals surface area contributed by atoms with Crippen molar-refractivity contribution >= 4 is 16.8 Å². The summed E-state index contributed by atoms with van der Waals surface area (Å²) in [5.74, 6) is -0.651. The van der Waals surface area contributed by atoms with Crippen molar-refractivity contribution in [3.8, 4) is 0 Å². The Morgan fingerprint density at radius 3 is 2.90 bits per heavy atom. The molecule has 1 aromatic carbocycles. The number of nitrogens with one attached hydrogen (secondary N) is 2. The van der Waals surface area contributed by atoms with Gasteiger partial charge in [0.2, 0.25) is 0 Å². The third kappa shape index (κ3) is 2.41. The van der Waals surface area contributed by atoms with E-state index in [1.807, 2.05) is 0 Å². The van der Waals surface area contributed by atoms with E-state index in [0.29, 0.717) is 23.0 Å². The van der Waals surface area contributed by atoms with Gasteiger partial charge in [-0.05, 0) is 31.0 Å². The first kappa shape index (κ1) is 13.1. The zero-order valence-corrected chi connectivity index (χ0v) is 11.0. The maximum atomic E-state index is 13.6. The molecular formula is C15H17FN2O2. The van der Waals surface area contributed by atoms with E-state index in [0.717, 1.165) is 19.3 Å². The number of aromatic amines is 1. The SMILES string of the molecule is O=C(NC1CCCCC1O)c1cc2c(F)cccc2[nH]1. The largest absolute Gasteiger partial charge is 0.391 e. The van der Waals surface area contributed by atoms with Crippen molar-refractivity contribution in [1.82, 2.24) is 10.3 Å². The minimum Gasteiger partial charge on any atom is -0.391 e. The first-order valence-electron chi connectivity index (χ1n) is 6.91. The van der Waals surface area contributed by atoms with Crippen molar-refractivity contribution in [3.05, 3.63) is 35.8 Å². The van der Waals surface area contributed by atoms with Crippen molar-refractivity contribution in [3.63, 3.8) is 0 Å². The van der Waals surface area contributed by atoms with Crippen LogP contribution in [0.1, 0.15) is 36.2 Å². The van der Waals surface area contributed by atoms with Crippen LogP contribution in [0.4, 0.5) is 4.39 Å². The number of aliphatic hydroxyl groups is 1. The molecule has 5 heteroatoms. The van der Waals surface area contributed by atoms with Gasteiger partial charge in [0.25, 0.3) is 5.91 Å². The number of aliphatic hydroxyl groups excluding tert-OH is 1. The fourth-order valence-corrected chi connectivity index (χ4v) is 2.77. The lowest BCUT2D eigenvalue weighted by Crippen LogP contribution is -2.45. The van der Waals surface area contributed by atoms with Gasteiger partial charge in [0, 0.05) is 10.9 Å². The number of halogens is 1. The molecule has 2 atom stereocenters. The van der Waals surface area contributed by atoms with Gasteiger partial charge in [-0.15, -0.1) is 0 Å². The van der Waals surface area contributed by atoms with Gasteiger partial charge in [0.1, 0.15) is 11.5 Å². The Morgan fingerprint density at radius 1 is 1.35 bits per heavy atom. The molecule has 1 saturated carbocycles. The number of hydrogen-bond donors (Lipinski definition) is 3. The molecule has 0 bridgehead atoms. The van der Waals surface area contributed by atoms with E-state index < -0.39 is 6.10 Å². The Bertz CT molecular complexity index is 638. The second kappa shape index (κ2) is 5.25. The van der Waals surface area contributed by atoms with Crippen LogP contribution < -0.4 is 5.32 Å². The van der Waals surface area contributed by atoms with Crippen LogP contribution in [0.3, 0.4) is 0 Å². The molecule has 1 aliphatic rings. The highest BCUT2D eigenvalue weighted by Gasteiger charge is 2.25. The van der Waals surface area contributed by atoms with E-state index in [2.05, 4.69) is 10.3 Å². The molecule has 0 radical (unpaired) electrons. The van der Waals surface area contributed by atoms with Gasteiger partial charge in [0.15, 0.2) is 0 Å². The zero-order chi connectivity index (χ0) is 14.1. The molecule has 0 saturated heterocycles. The van der Waals surface area contributed by atoms with Crippen LogP contribution >= 0.6 is 0 Å². The monoisotopic (exact) mass is 276 g/mol. The third-order valence-electron chi connectivity index (χ3n) is 3.90. The highest BCUT2D eigenvalue weighted by Crippen LogP contribution is 2.21. The smallest absolute Gasteiger partial charge is 0.268 e. The molecule has 3 N–H and O–H groups in total. The van der Waals surface area contributed by atoms with Gasteiger partial charge < -0.3 is 15.4 Å². The predicted molar refractivity (Wildman–Crippen MR) is 74.0 cm³/mol. The summed E-state index contributed by atoms with van der Waals surface area (Å²) in [7, 11) is 0. The number of rotatable bonds is 2. The fourth-order valence-electron chi connectivity index (χ4n) is 2.77. The Labute approximate surface area is 116 Å². The number of carbonyl (C=O) groups is 1. The number of carbonyl (C=O) groups excluding carboxylic acids is 1. The summed E-state index contributed by atoms with van der Waals surface area (Å²) in [6, 6.07) is 5.98. The molecule has 4 nitrogen and oxygen atoms in total. The number of hydrogen-bond acceptors (Lipinski definition) is 2. The van der Waals surface area contributed by atoms with Crippen molar-refractivity contribution in [2.45, 2.75) is 37.8 Å². The molecular weight excluding hydrogens is 259 g/mol. The van der Waals surface area contributed by atoms with Crippen LogP contribution in [0.5, 0.6) is 0 Å². The summed E-state index contributed by atoms with van der Waals surface area (Å²) in [5.41, 5.74) is 0.919. The lowest BCUT2D eigenvalue weighted by Gasteiger charge is -2.28. The van der Waals surface area contributed by atoms with Crippen molar-refractivity contribution < 1.29 is 14.3 Å². The van der Waals surface area contributed by atoms with E-state index in [1.165, 1.54) is 12.1 Å². The molecule has 1 amide bonds. The van der Waals surface area contributed by atoms with Crippen molar-refractivity contribution in [1.29, 1.82) is 0 Å². The molecule has 3 rings (SSSR count). The van der Waals surface area contributed by atoms with Gasteiger partial charge in [-0.3, -0.25) is 4.79 Å².